The Morgan fingerprint density at radius 1 is 1.43 bits per heavy atom. The molecule has 3 heteroatoms. The lowest BCUT2D eigenvalue weighted by Crippen LogP contribution is -2.37. The second-order valence-corrected chi connectivity index (χ2v) is 4.31. The molecule has 0 aromatic carbocycles. The molecule has 82 valence electrons. The normalized spacial score (nSPS) is 23.1. The summed E-state index contributed by atoms with van der Waals surface area (Å²) in [4.78, 5) is 2.40. The fourth-order valence-corrected chi connectivity index (χ4v) is 2.03. The van der Waals surface area contributed by atoms with Gasteiger partial charge in [0, 0.05) is 12.4 Å². The van der Waals surface area contributed by atoms with Crippen LogP contribution in [0.15, 0.2) is 12.2 Å². The molecule has 0 bridgehead atoms. The number of nitrogens with zero attached hydrogens (tertiary/aromatic N) is 1. The number of halogens is 1. The molecule has 1 rings (SSSR count). The first-order valence-corrected chi connectivity index (χ1v) is 5.89. The number of piperidine rings is 1. The molecule has 0 saturated carbocycles. The van der Waals surface area contributed by atoms with Gasteiger partial charge in [-0.25, -0.2) is 0 Å². The first kappa shape index (κ1) is 12.0. The zero-order chi connectivity index (χ0) is 10.4. The Labute approximate surface area is 91.6 Å². The van der Waals surface area contributed by atoms with E-state index < -0.39 is 0 Å². The molecular formula is C11H20ClNO. The molecule has 0 spiro atoms. The van der Waals surface area contributed by atoms with Gasteiger partial charge in [0.15, 0.2) is 0 Å². The van der Waals surface area contributed by atoms with Gasteiger partial charge < -0.3 is 5.11 Å². The summed E-state index contributed by atoms with van der Waals surface area (Å²) in [7, 11) is 0. The Kier molecular flexibility index (Phi) is 5.53. The summed E-state index contributed by atoms with van der Waals surface area (Å²) in [6, 6.07) is 0. The highest BCUT2D eigenvalue weighted by molar-refractivity contribution is 6.18. The largest absolute Gasteiger partial charge is 0.393 e. The Hall–Kier alpha value is -0.0500. The second-order valence-electron chi connectivity index (χ2n) is 4.00. The van der Waals surface area contributed by atoms with Crippen molar-refractivity contribution < 1.29 is 5.11 Å². The highest BCUT2D eigenvalue weighted by Gasteiger charge is 2.21. The standard InChI is InChI=1S/C11H20ClNO/c1-10(14)11-4-8-13(9-5-11)7-3-2-6-12/h2-3,10-11,14H,4-9H2,1H3/b3-2+. The molecule has 1 aliphatic rings. The zero-order valence-corrected chi connectivity index (χ0v) is 9.58. The summed E-state index contributed by atoms with van der Waals surface area (Å²) >= 11 is 5.55. The second kappa shape index (κ2) is 6.44. The molecule has 2 nitrogen and oxygen atoms in total. The van der Waals surface area contributed by atoms with Crippen LogP contribution in [0.2, 0.25) is 0 Å². The Bertz CT molecular complexity index is 174. The van der Waals surface area contributed by atoms with Crippen LogP contribution in [0.4, 0.5) is 0 Å². The number of allylic oxidation sites excluding steroid dienone is 1. The molecule has 1 aliphatic heterocycles. The summed E-state index contributed by atoms with van der Waals surface area (Å²) in [6.45, 7) is 5.09. The van der Waals surface area contributed by atoms with Gasteiger partial charge in [0.25, 0.3) is 0 Å². The maximum Gasteiger partial charge on any atom is 0.0541 e. The lowest BCUT2D eigenvalue weighted by atomic mass is 9.92. The molecule has 1 heterocycles. The number of aliphatic hydroxyl groups excluding tert-OH is 1. The van der Waals surface area contributed by atoms with Crippen LogP contribution in [0, 0.1) is 5.92 Å². The average molecular weight is 218 g/mol. The molecule has 0 aliphatic carbocycles. The molecule has 0 aromatic rings. The van der Waals surface area contributed by atoms with Crippen molar-refractivity contribution in [1.82, 2.24) is 4.90 Å². The summed E-state index contributed by atoms with van der Waals surface area (Å²) in [5.41, 5.74) is 0. The molecule has 14 heavy (non-hydrogen) atoms. The zero-order valence-electron chi connectivity index (χ0n) is 8.82. The van der Waals surface area contributed by atoms with Gasteiger partial charge in [-0.05, 0) is 38.8 Å². The number of rotatable bonds is 4. The van der Waals surface area contributed by atoms with Crippen molar-refractivity contribution in [2.24, 2.45) is 5.92 Å². The summed E-state index contributed by atoms with van der Waals surface area (Å²) in [5.74, 6) is 1.10. The van der Waals surface area contributed by atoms with E-state index in [0.717, 1.165) is 32.5 Å². The van der Waals surface area contributed by atoms with Crippen LogP contribution in [0.25, 0.3) is 0 Å². The lowest BCUT2D eigenvalue weighted by molar-refractivity contribution is 0.0756. The predicted molar refractivity (Wildman–Crippen MR) is 60.7 cm³/mol. The monoisotopic (exact) mass is 217 g/mol. The van der Waals surface area contributed by atoms with Crippen LogP contribution in [0.3, 0.4) is 0 Å². The van der Waals surface area contributed by atoms with Crippen molar-refractivity contribution in [3.8, 4) is 0 Å². The van der Waals surface area contributed by atoms with Crippen LogP contribution in [-0.4, -0.2) is 41.6 Å². The van der Waals surface area contributed by atoms with E-state index in [1.807, 2.05) is 13.0 Å². The highest BCUT2D eigenvalue weighted by atomic mass is 35.5. The summed E-state index contributed by atoms with van der Waals surface area (Å²) in [5, 5.41) is 9.43. The third kappa shape index (κ3) is 3.99. The van der Waals surface area contributed by atoms with Gasteiger partial charge in [0.05, 0.1) is 6.10 Å². The molecule has 1 unspecified atom stereocenters. The maximum atomic E-state index is 9.43. The van der Waals surface area contributed by atoms with Crippen LogP contribution in [0.5, 0.6) is 0 Å². The Morgan fingerprint density at radius 3 is 2.57 bits per heavy atom. The fourth-order valence-electron chi connectivity index (χ4n) is 1.90. The van der Waals surface area contributed by atoms with Gasteiger partial charge in [0.2, 0.25) is 0 Å². The smallest absolute Gasteiger partial charge is 0.0541 e. The molecular weight excluding hydrogens is 198 g/mol. The van der Waals surface area contributed by atoms with Crippen molar-refractivity contribution >= 4 is 11.6 Å². The quantitative estimate of drug-likeness (QED) is 0.574. The Morgan fingerprint density at radius 2 is 2.07 bits per heavy atom. The first-order chi connectivity index (χ1) is 6.74. The number of aliphatic hydroxyl groups is 1. The van der Waals surface area contributed by atoms with E-state index in [1.165, 1.54) is 0 Å². The molecule has 1 saturated heterocycles. The minimum atomic E-state index is -0.143. The van der Waals surface area contributed by atoms with E-state index in [2.05, 4.69) is 11.0 Å². The van der Waals surface area contributed by atoms with Crippen molar-refractivity contribution in [3.63, 3.8) is 0 Å². The van der Waals surface area contributed by atoms with Crippen molar-refractivity contribution in [2.75, 3.05) is 25.5 Å². The Balaban J connectivity index is 2.19. The van der Waals surface area contributed by atoms with Crippen LogP contribution in [-0.2, 0) is 0 Å². The maximum absolute atomic E-state index is 9.43. The van der Waals surface area contributed by atoms with Gasteiger partial charge in [-0.15, -0.1) is 11.6 Å². The third-order valence-electron chi connectivity index (χ3n) is 2.93. The number of hydrogen-bond donors (Lipinski definition) is 1. The number of likely N-dealkylation sites (tertiary alicyclic amines) is 1. The summed E-state index contributed by atoms with van der Waals surface area (Å²) in [6.07, 6.45) is 6.20. The van der Waals surface area contributed by atoms with E-state index in [4.69, 9.17) is 11.6 Å². The van der Waals surface area contributed by atoms with Crippen molar-refractivity contribution in [1.29, 1.82) is 0 Å². The third-order valence-corrected chi connectivity index (χ3v) is 3.11. The summed E-state index contributed by atoms with van der Waals surface area (Å²) < 4.78 is 0. The lowest BCUT2D eigenvalue weighted by Gasteiger charge is -2.32. The molecule has 0 amide bonds. The molecule has 0 aromatic heterocycles. The average Bonchev–Trinajstić information content (AvgIpc) is 2.19. The predicted octanol–water partition coefficient (Wildman–Crippen LogP) is 1.87. The van der Waals surface area contributed by atoms with E-state index >= 15 is 0 Å². The molecule has 1 N–H and O–H groups in total. The van der Waals surface area contributed by atoms with E-state index in [9.17, 15) is 5.11 Å². The molecule has 0 radical (unpaired) electrons. The minimum absolute atomic E-state index is 0.143. The number of alkyl halides is 1. The van der Waals surface area contributed by atoms with Gasteiger partial charge >= 0.3 is 0 Å². The van der Waals surface area contributed by atoms with Crippen LogP contribution < -0.4 is 0 Å². The van der Waals surface area contributed by atoms with Crippen molar-refractivity contribution in [3.05, 3.63) is 12.2 Å². The fraction of sp³-hybridized carbons (Fsp3) is 0.818. The van der Waals surface area contributed by atoms with Gasteiger partial charge in [-0.1, -0.05) is 12.2 Å². The van der Waals surface area contributed by atoms with Gasteiger partial charge in [-0.3, -0.25) is 4.90 Å². The van der Waals surface area contributed by atoms with E-state index in [0.29, 0.717) is 11.8 Å². The molecule has 1 fully saturated rings. The number of hydrogen-bond acceptors (Lipinski definition) is 2. The first-order valence-electron chi connectivity index (χ1n) is 5.35. The van der Waals surface area contributed by atoms with E-state index in [1.54, 1.807) is 0 Å². The van der Waals surface area contributed by atoms with Crippen LogP contribution in [0.1, 0.15) is 19.8 Å². The van der Waals surface area contributed by atoms with Gasteiger partial charge in [0.1, 0.15) is 0 Å². The SMILES string of the molecule is CC(O)C1CCN(C/C=C/CCl)CC1. The highest BCUT2D eigenvalue weighted by Crippen LogP contribution is 2.20. The topological polar surface area (TPSA) is 23.5 Å². The van der Waals surface area contributed by atoms with Crippen molar-refractivity contribution in [2.45, 2.75) is 25.9 Å². The van der Waals surface area contributed by atoms with Crippen LogP contribution >= 0.6 is 11.6 Å². The molecule has 1 atom stereocenters. The van der Waals surface area contributed by atoms with E-state index in [-0.39, 0.29) is 6.10 Å². The van der Waals surface area contributed by atoms with Gasteiger partial charge in [-0.2, -0.15) is 0 Å². The minimum Gasteiger partial charge on any atom is -0.393 e.